The minimum Gasteiger partial charge on any atom is -0.315 e. The normalized spacial score (nSPS) is 20.1. The molecule has 1 aromatic rings. The standard InChI is InChI=1S/C14H22N2O2S/c1-3-10-16(13-8-9-15-11-13)19(17,18)14-6-4-12(2)5-7-14/h4-7,13,15H,3,8-11H2,1-2H3. The van der Waals surface area contributed by atoms with Gasteiger partial charge in [0.1, 0.15) is 0 Å². The molecular formula is C14H22N2O2S. The highest BCUT2D eigenvalue weighted by Crippen LogP contribution is 2.21. The smallest absolute Gasteiger partial charge is 0.243 e. The van der Waals surface area contributed by atoms with E-state index in [1.807, 2.05) is 26.0 Å². The van der Waals surface area contributed by atoms with Crippen molar-refractivity contribution in [3.8, 4) is 0 Å². The molecule has 0 radical (unpaired) electrons. The molecule has 0 aliphatic carbocycles. The molecule has 19 heavy (non-hydrogen) atoms. The zero-order valence-electron chi connectivity index (χ0n) is 11.6. The summed E-state index contributed by atoms with van der Waals surface area (Å²) in [6.07, 6.45) is 1.73. The molecule has 1 heterocycles. The third kappa shape index (κ3) is 3.16. The number of hydrogen-bond acceptors (Lipinski definition) is 3. The van der Waals surface area contributed by atoms with Crippen molar-refractivity contribution in [2.75, 3.05) is 19.6 Å². The third-order valence-electron chi connectivity index (χ3n) is 3.51. The lowest BCUT2D eigenvalue weighted by Gasteiger charge is -2.27. The van der Waals surface area contributed by atoms with Crippen LogP contribution in [0.3, 0.4) is 0 Å². The molecule has 1 N–H and O–H groups in total. The molecule has 1 atom stereocenters. The first-order valence-corrected chi connectivity index (χ1v) is 8.29. The first-order valence-electron chi connectivity index (χ1n) is 6.85. The molecule has 0 amide bonds. The molecule has 2 rings (SSSR count). The van der Waals surface area contributed by atoms with Crippen molar-refractivity contribution in [2.24, 2.45) is 0 Å². The van der Waals surface area contributed by atoms with Crippen LogP contribution in [-0.2, 0) is 10.0 Å². The Morgan fingerprint density at radius 2 is 2.00 bits per heavy atom. The number of rotatable bonds is 5. The fourth-order valence-electron chi connectivity index (χ4n) is 2.45. The fourth-order valence-corrected chi connectivity index (χ4v) is 4.20. The summed E-state index contributed by atoms with van der Waals surface area (Å²) in [7, 11) is -3.37. The van der Waals surface area contributed by atoms with E-state index in [4.69, 9.17) is 0 Å². The van der Waals surface area contributed by atoms with Gasteiger partial charge in [0.25, 0.3) is 0 Å². The minimum atomic E-state index is -3.37. The monoisotopic (exact) mass is 282 g/mol. The van der Waals surface area contributed by atoms with E-state index in [2.05, 4.69) is 5.32 Å². The molecule has 0 saturated carbocycles. The summed E-state index contributed by atoms with van der Waals surface area (Å²) < 4.78 is 27.1. The van der Waals surface area contributed by atoms with Gasteiger partial charge in [0.2, 0.25) is 10.0 Å². The predicted octanol–water partition coefficient (Wildman–Crippen LogP) is 1.76. The Hall–Kier alpha value is -0.910. The van der Waals surface area contributed by atoms with Crippen LogP contribution in [-0.4, -0.2) is 38.4 Å². The van der Waals surface area contributed by atoms with E-state index in [1.165, 1.54) is 0 Å². The molecule has 4 nitrogen and oxygen atoms in total. The van der Waals surface area contributed by atoms with Gasteiger partial charge in [-0.1, -0.05) is 24.6 Å². The fraction of sp³-hybridized carbons (Fsp3) is 0.571. The molecule has 1 aliphatic heterocycles. The Balaban J connectivity index is 2.30. The van der Waals surface area contributed by atoms with Crippen LogP contribution in [0.2, 0.25) is 0 Å². The van der Waals surface area contributed by atoms with Crippen molar-refractivity contribution in [2.45, 2.75) is 37.6 Å². The Kier molecular flexibility index (Phi) is 4.60. The van der Waals surface area contributed by atoms with Crippen molar-refractivity contribution >= 4 is 10.0 Å². The zero-order chi connectivity index (χ0) is 13.9. The first-order chi connectivity index (χ1) is 9.05. The quantitative estimate of drug-likeness (QED) is 0.895. The number of sulfonamides is 1. The summed E-state index contributed by atoms with van der Waals surface area (Å²) in [5, 5.41) is 3.24. The largest absolute Gasteiger partial charge is 0.315 e. The van der Waals surface area contributed by atoms with Gasteiger partial charge in [0.05, 0.1) is 4.90 Å². The molecule has 0 aromatic heterocycles. The highest BCUT2D eigenvalue weighted by Gasteiger charge is 2.32. The van der Waals surface area contributed by atoms with Gasteiger partial charge in [-0.15, -0.1) is 0 Å². The van der Waals surface area contributed by atoms with Crippen molar-refractivity contribution < 1.29 is 8.42 Å². The maximum atomic E-state index is 12.7. The number of benzene rings is 1. The summed E-state index contributed by atoms with van der Waals surface area (Å²) in [6.45, 7) is 6.21. The Bertz CT molecular complexity index is 505. The number of nitrogens with one attached hydrogen (secondary N) is 1. The summed E-state index contributed by atoms with van der Waals surface area (Å²) in [5.74, 6) is 0. The molecule has 1 unspecified atom stereocenters. The third-order valence-corrected chi connectivity index (χ3v) is 5.48. The van der Waals surface area contributed by atoms with E-state index in [1.54, 1.807) is 16.4 Å². The number of nitrogens with zero attached hydrogens (tertiary/aromatic N) is 1. The van der Waals surface area contributed by atoms with Crippen LogP contribution in [0.15, 0.2) is 29.2 Å². The first kappa shape index (κ1) is 14.5. The van der Waals surface area contributed by atoms with Crippen molar-refractivity contribution in [1.82, 2.24) is 9.62 Å². The molecule has 0 spiro atoms. The van der Waals surface area contributed by atoms with Gasteiger partial charge < -0.3 is 5.32 Å². The topological polar surface area (TPSA) is 49.4 Å². The van der Waals surface area contributed by atoms with Crippen LogP contribution in [0.5, 0.6) is 0 Å². The highest BCUT2D eigenvalue weighted by molar-refractivity contribution is 7.89. The van der Waals surface area contributed by atoms with E-state index in [0.29, 0.717) is 11.4 Å². The van der Waals surface area contributed by atoms with E-state index >= 15 is 0 Å². The van der Waals surface area contributed by atoms with Crippen LogP contribution in [0, 0.1) is 6.92 Å². The van der Waals surface area contributed by atoms with E-state index in [-0.39, 0.29) is 6.04 Å². The van der Waals surface area contributed by atoms with Crippen molar-refractivity contribution in [3.05, 3.63) is 29.8 Å². The lowest BCUT2D eigenvalue weighted by atomic mass is 10.2. The molecule has 1 aromatic carbocycles. The van der Waals surface area contributed by atoms with Gasteiger partial charge in [-0.3, -0.25) is 0 Å². The predicted molar refractivity (Wildman–Crippen MR) is 76.6 cm³/mol. The van der Waals surface area contributed by atoms with Crippen LogP contribution in [0.4, 0.5) is 0 Å². The highest BCUT2D eigenvalue weighted by atomic mass is 32.2. The molecule has 106 valence electrons. The van der Waals surface area contributed by atoms with Gasteiger partial charge in [-0.2, -0.15) is 4.31 Å². The molecular weight excluding hydrogens is 260 g/mol. The number of hydrogen-bond donors (Lipinski definition) is 1. The molecule has 0 bridgehead atoms. The summed E-state index contributed by atoms with van der Waals surface area (Å²) in [6, 6.07) is 7.20. The zero-order valence-corrected chi connectivity index (χ0v) is 12.4. The molecule has 5 heteroatoms. The van der Waals surface area contributed by atoms with Crippen LogP contribution in [0.25, 0.3) is 0 Å². The average molecular weight is 282 g/mol. The molecule has 1 fully saturated rings. The second-order valence-electron chi connectivity index (χ2n) is 5.08. The minimum absolute atomic E-state index is 0.0891. The van der Waals surface area contributed by atoms with Gasteiger partial charge in [0.15, 0.2) is 0 Å². The molecule has 1 saturated heterocycles. The lowest BCUT2D eigenvalue weighted by Crippen LogP contribution is -2.41. The van der Waals surface area contributed by atoms with Crippen LogP contribution < -0.4 is 5.32 Å². The van der Waals surface area contributed by atoms with Crippen molar-refractivity contribution in [3.63, 3.8) is 0 Å². The summed E-state index contributed by atoms with van der Waals surface area (Å²) in [4.78, 5) is 0.401. The molecule has 1 aliphatic rings. The van der Waals surface area contributed by atoms with Crippen LogP contribution in [0.1, 0.15) is 25.3 Å². The van der Waals surface area contributed by atoms with Gasteiger partial charge in [0, 0.05) is 19.1 Å². The van der Waals surface area contributed by atoms with Gasteiger partial charge in [-0.25, -0.2) is 8.42 Å². The van der Waals surface area contributed by atoms with Gasteiger partial charge >= 0.3 is 0 Å². The maximum Gasteiger partial charge on any atom is 0.243 e. The van der Waals surface area contributed by atoms with Crippen LogP contribution >= 0.6 is 0 Å². The number of aryl methyl sites for hydroxylation is 1. The Morgan fingerprint density at radius 1 is 1.32 bits per heavy atom. The summed E-state index contributed by atoms with van der Waals surface area (Å²) in [5.41, 5.74) is 1.07. The van der Waals surface area contributed by atoms with E-state index in [0.717, 1.165) is 31.5 Å². The van der Waals surface area contributed by atoms with E-state index < -0.39 is 10.0 Å². The van der Waals surface area contributed by atoms with Crippen molar-refractivity contribution in [1.29, 1.82) is 0 Å². The summed E-state index contributed by atoms with van der Waals surface area (Å²) >= 11 is 0. The Labute approximate surface area is 115 Å². The SMILES string of the molecule is CCCN(C1CCNC1)S(=O)(=O)c1ccc(C)cc1. The lowest BCUT2D eigenvalue weighted by molar-refractivity contribution is 0.335. The average Bonchev–Trinajstić information content (AvgIpc) is 2.89. The second-order valence-corrected chi connectivity index (χ2v) is 6.97. The van der Waals surface area contributed by atoms with Gasteiger partial charge in [-0.05, 0) is 38.4 Å². The van der Waals surface area contributed by atoms with E-state index in [9.17, 15) is 8.42 Å². The maximum absolute atomic E-state index is 12.7. The Morgan fingerprint density at radius 3 is 2.53 bits per heavy atom. The second kappa shape index (κ2) is 6.03.